The SMILES string of the molecule is [2H]C(=C=C(C)C)C=C=C(C)C. The monoisotopic (exact) mass is 135 g/mol. The number of allylic oxidation sites excluding steroid dienone is 2. The molecule has 0 nitrogen and oxygen atoms in total. The van der Waals surface area contributed by atoms with Gasteiger partial charge in [-0.05, 0) is 51.0 Å². The molecule has 0 aromatic heterocycles. The molecule has 0 heterocycles. The molecule has 0 amide bonds. The van der Waals surface area contributed by atoms with E-state index in [9.17, 15) is 0 Å². The first-order valence-corrected chi connectivity index (χ1v) is 3.33. The normalized spacial score (nSPS) is 8.60. The van der Waals surface area contributed by atoms with E-state index < -0.39 is 0 Å². The lowest BCUT2D eigenvalue weighted by molar-refractivity contribution is 1.40. The molecule has 0 fully saturated rings. The lowest BCUT2D eigenvalue weighted by atomic mass is 10.3. The molecule has 0 aromatic carbocycles. The van der Waals surface area contributed by atoms with Gasteiger partial charge in [0.2, 0.25) is 0 Å². The van der Waals surface area contributed by atoms with Gasteiger partial charge in [0.1, 0.15) is 0 Å². The van der Waals surface area contributed by atoms with E-state index in [1.807, 2.05) is 27.7 Å². The van der Waals surface area contributed by atoms with Gasteiger partial charge in [-0.3, -0.25) is 0 Å². The summed E-state index contributed by atoms with van der Waals surface area (Å²) in [4.78, 5) is 0. The van der Waals surface area contributed by atoms with Gasteiger partial charge in [0.05, 0.1) is 1.37 Å². The standard InChI is InChI=1S/C10H14/c1-9(2)7-5-6-8-10(3)4/h5-6H,1-4H3/i5D. The third-order valence-corrected chi connectivity index (χ3v) is 0.755. The summed E-state index contributed by atoms with van der Waals surface area (Å²) in [5.74, 6) is 0. The van der Waals surface area contributed by atoms with Crippen molar-refractivity contribution >= 4 is 0 Å². The fourth-order valence-electron chi connectivity index (χ4n) is 0.361. The molecule has 0 saturated heterocycles. The molecular weight excluding hydrogens is 120 g/mol. The Morgan fingerprint density at radius 1 is 1.10 bits per heavy atom. The first-order valence-electron chi connectivity index (χ1n) is 3.83. The van der Waals surface area contributed by atoms with Crippen molar-refractivity contribution in [2.75, 3.05) is 0 Å². The smallest absolute Gasteiger partial charge is 0.0720 e. The maximum Gasteiger partial charge on any atom is 0.0720 e. The summed E-state index contributed by atoms with van der Waals surface area (Å²) in [5, 5.41) is 0. The zero-order valence-corrected chi connectivity index (χ0v) is 7.08. The van der Waals surface area contributed by atoms with Crippen LogP contribution in [-0.4, -0.2) is 0 Å². The Labute approximate surface area is 64.7 Å². The second kappa shape index (κ2) is 4.88. The average Bonchev–Trinajstić information content (AvgIpc) is 1.82. The first-order chi connectivity index (χ1) is 5.02. The largest absolute Gasteiger partial charge is 0.122 e. The number of hydrogen-bond donors (Lipinski definition) is 0. The van der Waals surface area contributed by atoms with Crippen LogP contribution in [0.15, 0.2) is 34.7 Å². The van der Waals surface area contributed by atoms with Crippen molar-refractivity contribution in [2.45, 2.75) is 27.7 Å². The summed E-state index contributed by atoms with van der Waals surface area (Å²) in [5.41, 5.74) is 7.90. The van der Waals surface area contributed by atoms with E-state index in [0.29, 0.717) is 6.05 Å². The molecule has 0 aliphatic rings. The van der Waals surface area contributed by atoms with E-state index in [4.69, 9.17) is 1.37 Å². The van der Waals surface area contributed by atoms with Crippen LogP contribution in [0.2, 0.25) is 0 Å². The second-order valence-corrected chi connectivity index (χ2v) is 2.56. The molecule has 0 aliphatic carbocycles. The van der Waals surface area contributed by atoms with E-state index >= 15 is 0 Å². The van der Waals surface area contributed by atoms with E-state index in [2.05, 4.69) is 11.5 Å². The zero-order valence-electron chi connectivity index (χ0n) is 8.08. The molecule has 0 unspecified atom stereocenters. The fourth-order valence-corrected chi connectivity index (χ4v) is 0.361. The van der Waals surface area contributed by atoms with E-state index in [0.717, 1.165) is 11.1 Å². The Morgan fingerprint density at radius 3 is 2.00 bits per heavy atom. The van der Waals surface area contributed by atoms with Gasteiger partial charge in [-0.2, -0.15) is 0 Å². The molecule has 0 radical (unpaired) electrons. The first kappa shape index (κ1) is 7.15. The third kappa shape index (κ3) is 7.04. The Morgan fingerprint density at radius 2 is 1.60 bits per heavy atom. The van der Waals surface area contributed by atoms with Crippen LogP contribution in [0.1, 0.15) is 29.1 Å². The highest BCUT2D eigenvalue weighted by Gasteiger charge is 1.65. The van der Waals surface area contributed by atoms with Gasteiger partial charge in [-0.1, -0.05) is 0 Å². The Kier molecular flexibility index (Phi) is 3.49. The van der Waals surface area contributed by atoms with Gasteiger partial charge in [0.15, 0.2) is 0 Å². The van der Waals surface area contributed by atoms with E-state index in [-0.39, 0.29) is 0 Å². The molecular formula is C10H14. The van der Waals surface area contributed by atoms with Crippen LogP contribution in [0.25, 0.3) is 0 Å². The van der Waals surface area contributed by atoms with E-state index in [1.54, 1.807) is 6.08 Å². The van der Waals surface area contributed by atoms with Crippen molar-refractivity contribution in [1.82, 2.24) is 0 Å². The minimum Gasteiger partial charge on any atom is -0.122 e. The third-order valence-electron chi connectivity index (χ3n) is 0.755. The molecule has 0 heteroatoms. The summed E-state index contributed by atoms with van der Waals surface area (Å²) in [6, 6.07) is 0.381. The molecule has 0 N–H and O–H groups in total. The van der Waals surface area contributed by atoms with Crippen molar-refractivity contribution in [1.29, 1.82) is 0 Å². The van der Waals surface area contributed by atoms with Crippen LogP contribution in [0, 0.1) is 0 Å². The molecule has 0 spiro atoms. The predicted octanol–water partition coefficient (Wildman–Crippen LogP) is 3.23. The van der Waals surface area contributed by atoms with Crippen LogP contribution >= 0.6 is 0 Å². The van der Waals surface area contributed by atoms with Crippen LogP contribution in [-0.2, 0) is 0 Å². The van der Waals surface area contributed by atoms with Crippen molar-refractivity contribution in [3.63, 3.8) is 0 Å². The van der Waals surface area contributed by atoms with Gasteiger partial charge in [-0.25, -0.2) is 0 Å². The minimum absolute atomic E-state index is 0.381. The Hall–Kier alpha value is -0.960. The maximum absolute atomic E-state index is 7.35. The van der Waals surface area contributed by atoms with Crippen molar-refractivity contribution in [3.05, 3.63) is 34.7 Å². The van der Waals surface area contributed by atoms with Crippen LogP contribution in [0.3, 0.4) is 0 Å². The summed E-state index contributed by atoms with van der Waals surface area (Å²) in [7, 11) is 0. The Bertz CT molecular complexity index is 249. The van der Waals surface area contributed by atoms with Gasteiger partial charge < -0.3 is 0 Å². The fraction of sp³-hybridized carbons (Fsp3) is 0.400. The summed E-state index contributed by atoms with van der Waals surface area (Å²) >= 11 is 0. The van der Waals surface area contributed by atoms with Crippen LogP contribution in [0.5, 0.6) is 0 Å². The summed E-state index contributed by atoms with van der Waals surface area (Å²) in [6.07, 6.45) is 1.63. The average molecular weight is 135 g/mol. The minimum atomic E-state index is 0.381. The lowest BCUT2D eigenvalue weighted by Gasteiger charge is -1.74. The highest BCUT2D eigenvalue weighted by atomic mass is 13.7. The number of rotatable bonds is 1. The molecule has 10 heavy (non-hydrogen) atoms. The predicted molar refractivity (Wildman–Crippen MR) is 45.9 cm³/mol. The summed E-state index contributed by atoms with van der Waals surface area (Å²) in [6.45, 7) is 7.74. The van der Waals surface area contributed by atoms with Gasteiger partial charge in [-0.15, -0.1) is 11.5 Å². The van der Waals surface area contributed by atoms with Gasteiger partial charge in [0.25, 0.3) is 0 Å². The molecule has 0 bridgehead atoms. The zero-order chi connectivity index (χ0) is 8.85. The van der Waals surface area contributed by atoms with Crippen LogP contribution in [0.4, 0.5) is 0 Å². The van der Waals surface area contributed by atoms with Crippen molar-refractivity contribution in [2.24, 2.45) is 0 Å². The highest BCUT2D eigenvalue weighted by Crippen LogP contribution is 1.85. The molecule has 54 valence electrons. The maximum atomic E-state index is 7.35. The van der Waals surface area contributed by atoms with Gasteiger partial charge >= 0.3 is 0 Å². The second-order valence-electron chi connectivity index (χ2n) is 2.56. The van der Waals surface area contributed by atoms with Crippen molar-refractivity contribution in [3.8, 4) is 0 Å². The molecule has 0 saturated carbocycles. The highest BCUT2D eigenvalue weighted by molar-refractivity contribution is 5.07. The topological polar surface area (TPSA) is 0 Å². The van der Waals surface area contributed by atoms with Gasteiger partial charge in [0, 0.05) is 0 Å². The number of hydrogen-bond acceptors (Lipinski definition) is 0. The Balaban J connectivity index is 4.70. The van der Waals surface area contributed by atoms with Crippen LogP contribution < -0.4 is 0 Å². The molecule has 0 atom stereocenters. The van der Waals surface area contributed by atoms with Crippen molar-refractivity contribution < 1.29 is 1.37 Å². The van der Waals surface area contributed by atoms with E-state index in [1.165, 1.54) is 0 Å². The molecule has 0 aliphatic heterocycles. The molecule has 0 rings (SSSR count). The molecule has 0 aromatic rings. The lowest BCUT2D eigenvalue weighted by Crippen LogP contribution is -1.54. The quantitative estimate of drug-likeness (QED) is 0.382. The summed E-state index contributed by atoms with van der Waals surface area (Å²) < 4.78 is 7.35.